The SMILES string of the molecule is COC[C@H]1CC[C@H]1NC(=O)NCc1ccc(C)cc1OC. The summed E-state index contributed by atoms with van der Waals surface area (Å²) in [5.41, 5.74) is 2.11. The number of nitrogens with one attached hydrogen (secondary N) is 2. The molecule has 1 fully saturated rings. The third kappa shape index (κ3) is 4.11. The van der Waals surface area contributed by atoms with E-state index in [9.17, 15) is 4.79 Å². The molecule has 1 aromatic carbocycles. The van der Waals surface area contributed by atoms with Crippen molar-refractivity contribution in [3.63, 3.8) is 0 Å². The van der Waals surface area contributed by atoms with E-state index in [0.29, 0.717) is 19.1 Å². The van der Waals surface area contributed by atoms with Gasteiger partial charge in [0.1, 0.15) is 5.75 Å². The highest BCUT2D eigenvalue weighted by atomic mass is 16.5. The Kier molecular flexibility index (Phi) is 5.44. The lowest BCUT2D eigenvalue weighted by Crippen LogP contribution is -2.51. The number of benzene rings is 1. The molecule has 1 aliphatic rings. The van der Waals surface area contributed by atoms with Crippen molar-refractivity contribution in [1.29, 1.82) is 0 Å². The topological polar surface area (TPSA) is 59.6 Å². The number of hydrogen-bond donors (Lipinski definition) is 2. The number of ether oxygens (including phenoxy) is 2. The van der Waals surface area contributed by atoms with Gasteiger partial charge in [0.15, 0.2) is 0 Å². The van der Waals surface area contributed by atoms with Crippen LogP contribution in [0.25, 0.3) is 0 Å². The van der Waals surface area contributed by atoms with E-state index in [1.807, 2.05) is 25.1 Å². The van der Waals surface area contributed by atoms with Gasteiger partial charge in [0.2, 0.25) is 0 Å². The van der Waals surface area contributed by atoms with Crippen molar-refractivity contribution in [3.8, 4) is 5.75 Å². The molecule has 1 aliphatic carbocycles. The summed E-state index contributed by atoms with van der Waals surface area (Å²) in [5.74, 6) is 1.24. The molecule has 0 bridgehead atoms. The standard InChI is InChI=1S/C16H24N2O3/c1-11-4-5-12(15(8-11)21-3)9-17-16(19)18-14-7-6-13(14)10-20-2/h4-5,8,13-14H,6-7,9-10H2,1-3H3,(H2,17,18,19)/t13-,14-/m1/s1. The van der Waals surface area contributed by atoms with Gasteiger partial charge in [0, 0.05) is 31.2 Å². The Morgan fingerprint density at radius 2 is 2.14 bits per heavy atom. The van der Waals surface area contributed by atoms with Crippen molar-refractivity contribution in [2.24, 2.45) is 5.92 Å². The van der Waals surface area contributed by atoms with Crippen molar-refractivity contribution in [2.45, 2.75) is 32.4 Å². The monoisotopic (exact) mass is 292 g/mol. The number of methoxy groups -OCH3 is 2. The van der Waals surface area contributed by atoms with Crippen LogP contribution in [0, 0.1) is 12.8 Å². The normalized spacial score (nSPS) is 20.5. The highest BCUT2D eigenvalue weighted by molar-refractivity contribution is 5.74. The van der Waals surface area contributed by atoms with Gasteiger partial charge in [-0.05, 0) is 31.4 Å². The van der Waals surface area contributed by atoms with Crippen LogP contribution in [-0.4, -0.2) is 32.9 Å². The van der Waals surface area contributed by atoms with Crippen molar-refractivity contribution >= 4 is 6.03 Å². The Balaban J connectivity index is 1.81. The van der Waals surface area contributed by atoms with Gasteiger partial charge in [0.25, 0.3) is 0 Å². The van der Waals surface area contributed by atoms with E-state index < -0.39 is 0 Å². The second kappa shape index (κ2) is 7.31. The van der Waals surface area contributed by atoms with Crippen LogP contribution in [0.1, 0.15) is 24.0 Å². The molecule has 116 valence electrons. The van der Waals surface area contributed by atoms with Crippen LogP contribution in [0.15, 0.2) is 18.2 Å². The fraction of sp³-hybridized carbons (Fsp3) is 0.562. The molecule has 5 nitrogen and oxygen atoms in total. The average Bonchev–Trinajstić information content (AvgIpc) is 2.47. The summed E-state index contributed by atoms with van der Waals surface area (Å²) in [6.07, 6.45) is 2.14. The van der Waals surface area contributed by atoms with Gasteiger partial charge < -0.3 is 20.1 Å². The molecule has 1 saturated carbocycles. The van der Waals surface area contributed by atoms with Crippen LogP contribution in [0.5, 0.6) is 5.75 Å². The van der Waals surface area contributed by atoms with Crippen LogP contribution in [0.4, 0.5) is 4.79 Å². The van der Waals surface area contributed by atoms with Gasteiger partial charge in [-0.3, -0.25) is 0 Å². The predicted molar refractivity (Wildman–Crippen MR) is 81.5 cm³/mol. The maximum absolute atomic E-state index is 11.9. The van der Waals surface area contributed by atoms with Gasteiger partial charge >= 0.3 is 6.03 Å². The lowest BCUT2D eigenvalue weighted by atomic mass is 9.80. The molecule has 21 heavy (non-hydrogen) atoms. The lowest BCUT2D eigenvalue weighted by Gasteiger charge is -2.36. The molecule has 0 radical (unpaired) electrons. The van der Waals surface area contributed by atoms with E-state index >= 15 is 0 Å². The number of aryl methyl sites for hydroxylation is 1. The molecule has 2 rings (SSSR count). The van der Waals surface area contributed by atoms with Crippen LogP contribution >= 0.6 is 0 Å². The Morgan fingerprint density at radius 3 is 2.76 bits per heavy atom. The minimum absolute atomic E-state index is 0.136. The van der Waals surface area contributed by atoms with Crippen molar-refractivity contribution in [3.05, 3.63) is 29.3 Å². The fourth-order valence-electron chi connectivity index (χ4n) is 2.57. The largest absolute Gasteiger partial charge is 0.496 e. The van der Waals surface area contributed by atoms with Gasteiger partial charge in [-0.1, -0.05) is 12.1 Å². The first-order valence-corrected chi connectivity index (χ1v) is 7.31. The molecule has 2 amide bonds. The molecule has 0 aromatic heterocycles. The van der Waals surface area contributed by atoms with Crippen LogP contribution in [0.3, 0.4) is 0 Å². The summed E-state index contributed by atoms with van der Waals surface area (Å²) in [4.78, 5) is 11.9. The molecule has 0 saturated heterocycles. The smallest absolute Gasteiger partial charge is 0.315 e. The Bertz CT molecular complexity index is 490. The molecule has 0 spiro atoms. The van der Waals surface area contributed by atoms with E-state index in [0.717, 1.165) is 29.7 Å². The van der Waals surface area contributed by atoms with Crippen LogP contribution < -0.4 is 15.4 Å². The Morgan fingerprint density at radius 1 is 1.33 bits per heavy atom. The van der Waals surface area contributed by atoms with Gasteiger partial charge in [-0.15, -0.1) is 0 Å². The zero-order chi connectivity index (χ0) is 15.2. The second-order valence-electron chi connectivity index (χ2n) is 5.54. The minimum Gasteiger partial charge on any atom is -0.496 e. The minimum atomic E-state index is -0.136. The van der Waals surface area contributed by atoms with Gasteiger partial charge in [-0.2, -0.15) is 0 Å². The predicted octanol–water partition coefficient (Wildman–Crippen LogP) is 2.23. The summed E-state index contributed by atoms with van der Waals surface area (Å²) in [6.45, 7) is 3.17. The van der Waals surface area contributed by atoms with Gasteiger partial charge in [-0.25, -0.2) is 4.79 Å². The van der Waals surface area contributed by atoms with Crippen molar-refractivity contribution in [1.82, 2.24) is 10.6 Å². The number of carbonyl (C=O) groups is 1. The summed E-state index contributed by atoms with van der Waals surface area (Å²) < 4.78 is 10.5. The quantitative estimate of drug-likeness (QED) is 0.845. The Hall–Kier alpha value is -1.75. The number of urea groups is 1. The summed E-state index contributed by atoms with van der Waals surface area (Å²) in [6, 6.07) is 6.05. The highest BCUT2D eigenvalue weighted by Gasteiger charge is 2.31. The first kappa shape index (κ1) is 15.6. The summed E-state index contributed by atoms with van der Waals surface area (Å²) in [7, 11) is 3.33. The third-order valence-corrected chi connectivity index (χ3v) is 4.00. The summed E-state index contributed by atoms with van der Waals surface area (Å²) in [5, 5.41) is 5.88. The number of carbonyl (C=O) groups excluding carboxylic acids is 1. The zero-order valence-electron chi connectivity index (χ0n) is 12.9. The molecule has 2 N–H and O–H groups in total. The third-order valence-electron chi connectivity index (χ3n) is 4.00. The molecule has 1 aromatic rings. The van der Waals surface area contributed by atoms with E-state index in [1.54, 1.807) is 14.2 Å². The highest BCUT2D eigenvalue weighted by Crippen LogP contribution is 2.27. The average molecular weight is 292 g/mol. The molecule has 0 heterocycles. The van der Waals surface area contributed by atoms with Crippen LogP contribution in [0.2, 0.25) is 0 Å². The molecule has 0 unspecified atom stereocenters. The van der Waals surface area contributed by atoms with E-state index in [1.165, 1.54) is 0 Å². The van der Waals surface area contributed by atoms with Gasteiger partial charge in [0.05, 0.1) is 13.7 Å². The van der Waals surface area contributed by atoms with Crippen LogP contribution in [-0.2, 0) is 11.3 Å². The first-order chi connectivity index (χ1) is 10.1. The molecule has 5 heteroatoms. The Labute approximate surface area is 126 Å². The van der Waals surface area contributed by atoms with Crippen molar-refractivity contribution in [2.75, 3.05) is 20.8 Å². The van der Waals surface area contributed by atoms with E-state index in [-0.39, 0.29) is 12.1 Å². The number of amides is 2. The number of hydrogen-bond acceptors (Lipinski definition) is 3. The molecular weight excluding hydrogens is 268 g/mol. The second-order valence-corrected chi connectivity index (χ2v) is 5.54. The number of rotatable bonds is 6. The summed E-state index contributed by atoms with van der Waals surface area (Å²) >= 11 is 0. The molecular formula is C16H24N2O3. The fourth-order valence-corrected chi connectivity index (χ4v) is 2.57. The van der Waals surface area contributed by atoms with E-state index in [4.69, 9.17) is 9.47 Å². The maximum Gasteiger partial charge on any atom is 0.315 e. The first-order valence-electron chi connectivity index (χ1n) is 7.31. The van der Waals surface area contributed by atoms with E-state index in [2.05, 4.69) is 10.6 Å². The zero-order valence-corrected chi connectivity index (χ0v) is 12.9. The molecule has 0 aliphatic heterocycles. The lowest BCUT2D eigenvalue weighted by molar-refractivity contribution is 0.0831. The molecule has 2 atom stereocenters. The van der Waals surface area contributed by atoms with Crippen molar-refractivity contribution < 1.29 is 14.3 Å². The maximum atomic E-state index is 11.9.